The second kappa shape index (κ2) is 7.28. The van der Waals surface area contributed by atoms with Crippen LogP contribution < -0.4 is 15.0 Å². The minimum Gasteiger partial charge on any atom is -0.495 e. The Morgan fingerprint density at radius 1 is 1.31 bits per heavy atom. The summed E-state index contributed by atoms with van der Waals surface area (Å²) in [5.74, 6) is 2.08. The molecule has 1 aliphatic rings. The van der Waals surface area contributed by atoms with Gasteiger partial charge in [0.2, 0.25) is 5.95 Å². The van der Waals surface area contributed by atoms with Crippen molar-refractivity contribution in [2.75, 3.05) is 35.9 Å². The van der Waals surface area contributed by atoms with Crippen molar-refractivity contribution >= 4 is 38.9 Å². The van der Waals surface area contributed by atoms with Crippen molar-refractivity contribution in [1.82, 2.24) is 9.97 Å². The van der Waals surface area contributed by atoms with Crippen LogP contribution in [0.4, 0.5) is 17.5 Å². The number of rotatable bonds is 5. The van der Waals surface area contributed by atoms with Crippen LogP contribution in [-0.2, 0) is 9.84 Å². The average molecular weight is 397 g/mol. The topological polar surface area (TPSA) is 84.4 Å². The number of sulfone groups is 1. The molecule has 1 atom stereocenters. The van der Waals surface area contributed by atoms with Crippen molar-refractivity contribution in [3.8, 4) is 5.75 Å². The minimum absolute atomic E-state index is 0.0717. The zero-order valence-corrected chi connectivity index (χ0v) is 16.4. The number of hydrogen-bond donors (Lipinski definition) is 1. The molecule has 0 radical (unpaired) electrons. The standard InChI is InChI=1S/C17H21ClN4O3S/c1-11-8-16(22(2)13-6-7-26(23,24)10-13)21-17(19-11)20-12-4-5-15(25-3)14(18)9-12/h4-5,8-9,13H,6-7,10H2,1-3H3,(H,19,20,21). The Bertz CT molecular complexity index is 920. The van der Waals surface area contributed by atoms with Crippen molar-refractivity contribution in [1.29, 1.82) is 0 Å². The predicted octanol–water partition coefficient (Wildman–Crippen LogP) is 2.81. The molecule has 2 heterocycles. The van der Waals surface area contributed by atoms with Crippen LogP contribution in [0, 0.1) is 6.92 Å². The molecule has 1 aliphatic heterocycles. The summed E-state index contributed by atoms with van der Waals surface area (Å²) in [6.07, 6.45) is 0.610. The van der Waals surface area contributed by atoms with Crippen LogP contribution in [-0.4, -0.2) is 50.1 Å². The number of aromatic nitrogens is 2. The van der Waals surface area contributed by atoms with Gasteiger partial charge in [-0.15, -0.1) is 0 Å². The van der Waals surface area contributed by atoms with Gasteiger partial charge in [-0.2, -0.15) is 4.98 Å². The molecule has 0 amide bonds. The van der Waals surface area contributed by atoms with Crippen LogP contribution >= 0.6 is 11.6 Å². The first kappa shape index (κ1) is 18.7. The fourth-order valence-corrected chi connectivity index (χ4v) is 4.96. The molecule has 0 saturated carbocycles. The molecule has 3 rings (SSSR count). The van der Waals surface area contributed by atoms with Crippen LogP contribution in [0.1, 0.15) is 12.1 Å². The minimum atomic E-state index is -2.96. The maximum absolute atomic E-state index is 11.7. The lowest BCUT2D eigenvalue weighted by atomic mass is 10.2. The molecule has 1 aromatic carbocycles. The van der Waals surface area contributed by atoms with Crippen LogP contribution in [0.2, 0.25) is 5.02 Å². The van der Waals surface area contributed by atoms with E-state index in [9.17, 15) is 8.42 Å². The zero-order chi connectivity index (χ0) is 18.9. The highest BCUT2D eigenvalue weighted by atomic mass is 35.5. The Labute approximate surface area is 158 Å². The molecule has 0 bridgehead atoms. The van der Waals surface area contributed by atoms with E-state index >= 15 is 0 Å². The largest absolute Gasteiger partial charge is 0.495 e. The maximum Gasteiger partial charge on any atom is 0.229 e. The maximum atomic E-state index is 11.7. The fourth-order valence-electron chi connectivity index (χ4n) is 2.93. The number of nitrogens with zero attached hydrogens (tertiary/aromatic N) is 3. The van der Waals surface area contributed by atoms with Crippen molar-refractivity contribution in [3.05, 3.63) is 35.0 Å². The number of methoxy groups -OCH3 is 1. The number of hydrogen-bond acceptors (Lipinski definition) is 7. The van der Waals surface area contributed by atoms with Gasteiger partial charge in [-0.05, 0) is 31.5 Å². The van der Waals surface area contributed by atoms with Crippen LogP contribution in [0.25, 0.3) is 0 Å². The first-order chi connectivity index (χ1) is 12.3. The van der Waals surface area contributed by atoms with E-state index in [4.69, 9.17) is 16.3 Å². The van der Waals surface area contributed by atoms with E-state index in [1.165, 1.54) is 0 Å². The summed E-state index contributed by atoms with van der Waals surface area (Å²) in [7, 11) is 0.465. The summed E-state index contributed by atoms with van der Waals surface area (Å²) in [6.45, 7) is 1.87. The van der Waals surface area contributed by atoms with Gasteiger partial charge in [0.1, 0.15) is 11.6 Å². The number of anilines is 3. The number of aryl methyl sites for hydroxylation is 1. The van der Waals surface area contributed by atoms with Gasteiger partial charge in [-0.3, -0.25) is 0 Å². The Balaban J connectivity index is 1.82. The molecule has 1 aromatic heterocycles. The highest BCUT2D eigenvalue weighted by Gasteiger charge is 2.31. The van der Waals surface area contributed by atoms with Gasteiger partial charge in [-0.25, -0.2) is 13.4 Å². The van der Waals surface area contributed by atoms with E-state index in [1.807, 2.05) is 31.0 Å². The lowest BCUT2D eigenvalue weighted by Crippen LogP contribution is -2.33. The van der Waals surface area contributed by atoms with E-state index in [0.717, 1.165) is 11.4 Å². The summed E-state index contributed by atoms with van der Waals surface area (Å²) in [6, 6.07) is 7.09. The third-order valence-electron chi connectivity index (χ3n) is 4.37. The first-order valence-corrected chi connectivity index (χ1v) is 10.4. The van der Waals surface area contributed by atoms with E-state index in [2.05, 4.69) is 15.3 Å². The predicted molar refractivity (Wildman–Crippen MR) is 104 cm³/mol. The van der Waals surface area contributed by atoms with Gasteiger partial charge >= 0.3 is 0 Å². The molecule has 7 nitrogen and oxygen atoms in total. The van der Waals surface area contributed by atoms with Gasteiger partial charge in [0.25, 0.3) is 0 Å². The van der Waals surface area contributed by atoms with E-state index in [-0.39, 0.29) is 17.5 Å². The van der Waals surface area contributed by atoms with Crippen molar-refractivity contribution < 1.29 is 13.2 Å². The van der Waals surface area contributed by atoms with Gasteiger partial charge in [0.15, 0.2) is 9.84 Å². The third-order valence-corrected chi connectivity index (χ3v) is 6.41. The Morgan fingerprint density at radius 3 is 2.69 bits per heavy atom. The smallest absolute Gasteiger partial charge is 0.229 e. The summed E-state index contributed by atoms with van der Waals surface area (Å²) >= 11 is 6.15. The van der Waals surface area contributed by atoms with Gasteiger partial charge < -0.3 is 15.0 Å². The highest BCUT2D eigenvalue weighted by molar-refractivity contribution is 7.91. The number of ether oxygens (including phenoxy) is 1. The summed E-state index contributed by atoms with van der Waals surface area (Å²) in [5.41, 5.74) is 1.52. The molecule has 1 saturated heterocycles. The van der Waals surface area contributed by atoms with Crippen LogP contribution in [0.15, 0.2) is 24.3 Å². The van der Waals surface area contributed by atoms with Gasteiger partial charge in [-0.1, -0.05) is 11.6 Å². The average Bonchev–Trinajstić information content (AvgIpc) is 2.94. The second-order valence-corrected chi connectivity index (χ2v) is 8.97. The number of benzene rings is 1. The van der Waals surface area contributed by atoms with E-state index in [1.54, 1.807) is 19.2 Å². The highest BCUT2D eigenvalue weighted by Crippen LogP contribution is 2.29. The zero-order valence-electron chi connectivity index (χ0n) is 14.9. The molecule has 1 unspecified atom stereocenters. The molecule has 1 N–H and O–H groups in total. The molecule has 2 aromatic rings. The second-order valence-electron chi connectivity index (χ2n) is 6.33. The summed E-state index contributed by atoms with van der Waals surface area (Å²) in [5, 5.41) is 3.62. The normalized spacial score (nSPS) is 18.5. The monoisotopic (exact) mass is 396 g/mol. The van der Waals surface area contributed by atoms with Crippen LogP contribution in [0.5, 0.6) is 5.75 Å². The first-order valence-electron chi connectivity index (χ1n) is 8.17. The van der Waals surface area contributed by atoms with E-state index < -0.39 is 9.84 Å². The van der Waals surface area contributed by atoms with Crippen LogP contribution in [0.3, 0.4) is 0 Å². The van der Waals surface area contributed by atoms with Crippen molar-refractivity contribution in [2.24, 2.45) is 0 Å². The molecular formula is C17H21ClN4O3S. The molecule has 0 spiro atoms. The van der Waals surface area contributed by atoms with Gasteiger partial charge in [0.05, 0.1) is 23.6 Å². The number of halogens is 1. The molecule has 26 heavy (non-hydrogen) atoms. The third kappa shape index (κ3) is 4.19. The quantitative estimate of drug-likeness (QED) is 0.831. The molecule has 9 heteroatoms. The van der Waals surface area contributed by atoms with Gasteiger partial charge in [0, 0.05) is 30.5 Å². The van der Waals surface area contributed by atoms with E-state index in [0.29, 0.717) is 29.0 Å². The Morgan fingerprint density at radius 2 is 2.08 bits per heavy atom. The lowest BCUT2D eigenvalue weighted by molar-refractivity contribution is 0.415. The molecule has 0 aliphatic carbocycles. The lowest BCUT2D eigenvalue weighted by Gasteiger charge is -2.25. The summed E-state index contributed by atoms with van der Waals surface area (Å²) < 4.78 is 28.6. The Kier molecular flexibility index (Phi) is 5.24. The molecule has 1 fully saturated rings. The SMILES string of the molecule is COc1ccc(Nc2nc(C)cc(N(C)C3CCS(=O)(=O)C3)n2)cc1Cl. The Hall–Kier alpha value is -2.06. The fraction of sp³-hybridized carbons (Fsp3) is 0.412. The number of nitrogens with one attached hydrogen (secondary N) is 1. The molecular weight excluding hydrogens is 376 g/mol. The summed E-state index contributed by atoms with van der Waals surface area (Å²) in [4.78, 5) is 10.8. The van der Waals surface area contributed by atoms with Crippen molar-refractivity contribution in [2.45, 2.75) is 19.4 Å². The molecule has 140 valence electrons. The van der Waals surface area contributed by atoms with Crippen molar-refractivity contribution in [3.63, 3.8) is 0 Å².